The second kappa shape index (κ2) is 2.24. The van der Waals surface area contributed by atoms with Crippen molar-refractivity contribution < 1.29 is 14.6 Å². The minimum atomic E-state index is -0.251. The van der Waals surface area contributed by atoms with Crippen molar-refractivity contribution in [2.24, 2.45) is 0 Å². The van der Waals surface area contributed by atoms with Gasteiger partial charge in [-0.25, -0.2) is 0 Å². The van der Waals surface area contributed by atoms with E-state index in [1.807, 2.05) is 0 Å². The van der Waals surface area contributed by atoms with Gasteiger partial charge in [-0.2, -0.15) is 0 Å². The van der Waals surface area contributed by atoms with Crippen LogP contribution in [0.5, 0.6) is 11.5 Å². The van der Waals surface area contributed by atoms with Crippen LogP contribution >= 0.6 is 0 Å². The number of esters is 1. The molecule has 12 heavy (non-hydrogen) atoms. The van der Waals surface area contributed by atoms with Gasteiger partial charge in [0.2, 0.25) is 0 Å². The molecule has 1 aromatic carbocycles. The van der Waals surface area contributed by atoms with Crippen LogP contribution in [0.1, 0.15) is 11.1 Å². The van der Waals surface area contributed by atoms with Crippen molar-refractivity contribution >= 4 is 5.97 Å². The Balaban J connectivity index is 2.61. The number of rotatable bonds is 0. The van der Waals surface area contributed by atoms with Crippen LogP contribution in [0.4, 0.5) is 0 Å². The van der Waals surface area contributed by atoms with E-state index in [4.69, 9.17) is 4.74 Å². The fraction of sp³-hybridized carbons (Fsp3) is 0.222. The number of carbonyl (C=O) groups is 1. The molecule has 62 valence electrons. The van der Waals surface area contributed by atoms with Crippen LogP contribution in [0.25, 0.3) is 0 Å². The number of ether oxygens (including phenoxy) is 1. The summed E-state index contributed by atoms with van der Waals surface area (Å²) in [6.07, 6.45) is 0.273. The van der Waals surface area contributed by atoms with Crippen molar-refractivity contribution in [3.05, 3.63) is 23.3 Å². The summed E-state index contributed by atoms with van der Waals surface area (Å²) in [7, 11) is 0. The molecule has 0 radical (unpaired) electrons. The molecule has 1 heterocycles. The second-order valence-corrected chi connectivity index (χ2v) is 2.84. The first kappa shape index (κ1) is 7.16. The molecule has 1 aromatic rings. The molecule has 0 saturated carbocycles. The molecule has 0 saturated heterocycles. The van der Waals surface area contributed by atoms with E-state index in [0.29, 0.717) is 5.75 Å². The third-order valence-corrected chi connectivity index (χ3v) is 2.07. The first-order chi connectivity index (χ1) is 5.68. The van der Waals surface area contributed by atoms with E-state index in [1.165, 1.54) is 6.07 Å². The van der Waals surface area contributed by atoms with Gasteiger partial charge in [-0.1, -0.05) is 0 Å². The summed E-state index contributed by atoms with van der Waals surface area (Å²) in [5.74, 6) is 0.543. The van der Waals surface area contributed by atoms with Crippen LogP contribution in [-0.4, -0.2) is 11.1 Å². The number of aromatic hydroxyl groups is 1. The van der Waals surface area contributed by atoms with Gasteiger partial charge in [0, 0.05) is 5.56 Å². The summed E-state index contributed by atoms with van der Waals surface area (Å²) >= 11 is 0. The molecule has 0 atom stereocenters. The van der Waals surface area contributed by atoms with Gasteiger partial charge in [0.05, 0.1) is 6.42 Å². The molecule has 0 amide bonds. The van der Waals surface area contributed by atoms with Crippen molar-refractivity contribution in [3.63, 3.8) is 0 Å². The maximum absolute atomic E-state index is 10.9. The zero-order valence-corrected chi connectivity index (χ0v) is 6.63. The molecule has 0 fully saturated rings. The highest BCUT2D eigenvalue weighted by atomic mass is 16.5. The predicted octanol–water partition coefficient (Wildman–Crippen LogP) is 1.16. The third-order valence-electron chi connectivity index (χ3n) is 2.07. The fourth-order valence-electron chi connectivity index (χ4n) is 1.34. The standard InChI is InChI=1S/C9H8O3/c1-5-6-4-9(11)12-8(6)3-2-7(5)10/h2-3,10H,4H2,1H3. The molecule has 1 aliphatic rings. The molecule has 0 unspecified atom stereocenters. The highest BCUT2D eigenvalue weighted by Gasteiger charge is 2.22. The van der Waals surface area contributed by atoms with E-state index in [2.05, 4.69) is 0 Å². The Morgan fingerprint density at radius 1 is 1.50 bits per heavy atom. The minimum Gasteiger partial charge on any atom is -0.508 e. The molecule has 2 rings (SSSR count). The van der Waals surface area contributed by atoms with E-state index in [-0.39, 0.29) is 18.1 Å². The number of fused-ring (bicyclic) bond motifs is 1. The molecule has 1 N–H and O–H groups in total. The Hall–Kier alpha value is -1.51. The number of hydrogen-bond acceptors (Lipinski definition) is 3. The van der Waals surface area contributed by atoms with E-state index in [0.717, 1.165) is 11.1 Å². The van der Waals surface area contributed by atoms with Crippen LogP contribution in [0.2, 0.25) is 0 Å². The van der Waals surface area contributed by atoms with Gasteiger partial charge < -0.3 is 9.84 Å². The molecular weight excluding hydrogens is 156 g/mol. The van der Waals surface area contributed by atoms with E-state index in [9.17, 15) is 9.90 Å². The molecule has 0 spiro atoms. The molecule has 3 heteroatoms. The number of benzene rings is 1. The summed E-state index contributed by atoms with van der Waals surface area (Å²) in [6, 6.07) is 3.15. The lowest BCUT2D eigenvalue weighted by atomic mass is 10.1. The Labute approximate surface area is 69.6 Å². The molecular formula is C9H8O3. The molecule has 0 aromatic heterocycles. The first-order valence-corrected chi connectivity index (χ1v) is 3.70. The Morgan fingerprint density at radius 3 is 3.00 bits per heavy atom. The minimum absolute atomic E-state index is 0.215. The van der Waals surface area contributed by atoms with Gasteiger partial charge in [-0.05, 0) is 24.6 Å². The van der Waals surface area contributed by atoms with E-state index < -0.39 is 0 Å². The topological polar surface area (TPSA) is 46.5 Å². The first-order valence-electron chi connectivity index (χ1n) is 3.70. The summed E-state index contributed by atoms with van der Waals surface area (Å²) in [5.41, 5.74) is 1.54. The van der Waals surface area contributed by atoms with Crippen LogP contribution in [0.15, 0.2) is 12.1 Å². The molecule has 0 aliphatic carbocycles. The van der Waals surface area contributed by atoms with E-state index in [1.54, 1.807) is 13.0 Å². The predicted molar refractivity (Wildman–Crippen MR) is 42.2 cm³/mol. The van der Waals surface area contributed by atoms with Gasteiger partial charge in [-0.15, -0.1) is 0 Å². The number of phenols is 1. The zero-order chi connectivity index (χ0) is 8.72. The maximum Gasteiger partial charge on any atom is 0.315 e. The van der Waals surface area contributed by atoms with E-state index >= 15 is 0 Å². The van der Waals surface area contributed by atoms with Gasteiger partial charge in [0.1, 0.15) is 11.5 Å². The summed E-state index contributed by atoms with van der Waals surface area (Å²) < 4.78 is 4.89. The van der Waals surface area contributed by atoms with Crippen molar-refractivity contribution in [2.75, 3.05) is 0 Å². The van der Waals surface area contributed by atoms with Gasteiger partial charge >= 0.3 is 5.97 Å². The lowest BCUT2D eigenvalue weighted by Crippen LogP contribution is -2.00. The van der Waals surface area contributed by atoms with Crippen LogP contribution in [0, 0.1) is 6.92 Å². The molecule has 1 aliphatic heterocycles. The zero-order valence-electron chi connectivity index (χ0n) is 6.63. The third kappa shape index (κ3) is 0.863. The lowest BCUT2D eigenvalue weighted by molar-refractivity contribution is -0.131. The summed E-state index contributed by atoms with van der Waals surface area (Å²) in [6.45, 7) is 1.77. The van der Waals surface area contributed by atoms with Crippen molar-refractivity contribution in [3.8, 4) is 11.5 Å². The van der Waals surface area contributed by atoms with Gasteiger partial charge in [-0.3, -0.25) is 4.79 Å². The normalized spacial score (nSPS) is 14.2. The van der Waals surface area contributed by atoms with Crippen LogP contribution in [-0.2, 0) is 11.2 Å². The SMILES string of the molecule is Cc1c(O)ccc2c1CC(=O)O2. The average molecular weight is 164 g/mol. The molecule has 0 bridgehead atoms. The quantitative estimate of drug-likeness (QED) is 0.462. The largest absolute Gasteiger partial charge is 0.508 e. The molecule has 3 nitrogen and oxygen atoms in total. The Bertz CT molecular complexity index is 355. The smallest absolute Gasteiger partial charge is 0.315 e. The summed E-state index contributed by atoms with van der Waals surface area (Å²) in [5, 5.41) is 9.30. The average Bonchev–Trinajstić information content (AvgIpc) is 2.39. The van der Waals surface area contributed by atoms with Crippen molar-refractivity contribution in [1.29, 1.82) is 0 Å². The maximum atomic E-state index is 10.9. The van der Waals surface area contributed by atoms with Crippen molar-refractivity contribution in [2.45, 2.75) is 13.3 Å². The Morgan fingerprint density at radius 2 is 2.25 bits per heavy atom. The Kier molecular flexibility index (Phi) is 1.33. The monoisotopic (exact) mass is 164 g/mol. The summed E-state index contributed by atoms with van der Waals surface area (Å²) in [4.78, 5) is 10.9. The van der Waals surface area contributed by atoms with Gasteiger partial charge in [0.15, 0.2) is 0 Å². The van der Waals surface area contributed by atoms with Crippen LogP contribution in [0.3, 0.4) is 0 Å². The number of carbonyl (C=O) groups excluding carboxylic acids is 1. The highest BCUT2D eigenvalue weighted by molar-refractivity contribution is 5.82. The van der Waals surface area contributed by atoms with Crippen LogP contribution < -0.4 is 4.74 Å². The fourth-order valence-corrected chi connectivity index (χ4v) is 1.34. The van der Waals surface area contributed by atoms with Gasteiger partial charge in [0.25, 0.3) is 0 Å². The highest BCUT2D eigenvalue weighted by Crippen LogP contribution is 2.33. The lowest BCUT2D eigenvalue weighted by Gasteiger charge is -2.02. The number of hydrogen-bond donors (Lipinski definition) is 1. The number of phenolic OH excluding ortho intramolecular Hbond substituents is 1. The second-order valence-electron chi connectivity index (χ2n) is 2.84. The van der Waals surface area contributed by atoms with Crippen molar-refractivity contribution in [1.82, 2.24) is 0 Å².